The Labute approximate surface area is 117 Å². The van der Waals surface area contributed by atoms with Crippen molar-refractivity contribution < 1.29 is 13.6 Å². The number of carbonyl (C=O) groups excluding carboxylic acids is 1. The Morgan fingerprint density at radius 2 is 1.74 bits per heavy atom. The van der Waals surface area contributed by atoms with Gasteiger partial charge in [0.15, 0.2) is 0 Å². The topological polar surface area (TPSA) is 29.1 Å². The Morgan fingerprint density at radius 3 is 2.37 bits per heavy atom. The number of benzene rings is 2. The minimum Gasteiger partial charge on any atom is -0.322 e. The molecule has 2 rings (SSSR count). The molecule has 0 aromatic heterocycles. The maximum atomic E-state index is 13.0. The number of amides is 1. The predicted octanol–water partition coefficient (Wildman–Crippen LogP) is 4.11. The van der Waals surface area contributed by atoms with Gasteiger partial charge in [-0.25, -0.2) is 8.78 Å². The standard InChI is InChI=1S/C14H10BrF2NO/c15-8-9-3-1-2-4-13(9)18-14(19)10-5-11(16)7-12(17)6-10/h1-7H,8H2,(H,18,19). The van der Waals surface area contributed by atoms with E-state index in [9.17, 15) is 13.6 Å². The quantitative estimate of drug-likeness (QED) is 0.845. The summed E-state index contributed by atoms with van der Waals surface area (Å²) in [7, 11) is 0. The van der Waals surface area contributed by atoms with Gasteiger partial charge in [-0.1, -0.05) is 34.1 Å². The van der Waals surface area contributed by atoms with Crippen molar-refractivity contribution in [2.75, 3.05) is 5.32 Å². The largest absolute Gasteiger partial charge is 0.322 e. The number of hydrogen-bond acceptors (Lipinski definition) is 1. The number of rotatable bonds is 3. The number of carbonyl (C=O) groups is 1. The summed E-state index contributed by atoms with van der Waals surface area (Å²) in [5.41, 5.74) is 1.43. The molecular weight excluding hydrogens is 316 g/mol. The Morgan fingerprint density at radius 1 is 1.11 bits per heavy atom. The zero-order chi connectivity index (χ0) is 13.8. The van der Waals surface area contributed by atoms with Crippen LogP contribution in [0.5, 0.6) is 0 Å². The van der Waals surface area contributed by atoms with E-state index in [1.807, 2.05) is 12.1 Å². The fourth-order valence-corrected chi connectivity index (χ4v) is 2.13. The first-order valence-electron chi connectivity index (χ1n) is 5.51. The van der Waals surface area contributed by atoms with Gasteiger partial charge < -0.3 is 5.32 Å². The van der Waals surface area contributed by atoms with E-state index in [1.165, 1.54) is 0 Å². The van der Waals surface area contributed by atoms with E-state index in [4.69, 9.17) is 0 Å². The molecule has 0 atom stereocenters. The van der Waals surface area contributed by atoms with Gasteiger partial charge in [0.2, 0.25) is 0 Å². The molecular formula is C14H10BrF2NO. The number of hydrogen-bond donors (Lipinski definition) is 1. The van der Waals surface area contributed by atoms with E-state index in [1.54, 1.807) is 12.1 Å². The van der Waals surface area contributed by atoms with E-state index in [0.717, 1.165) is 23.8 Å². The summed E-state index contributed by atoms with van der Waals surface area (Å²) >= 11 is 3.31. The monoisotopic (exact) mass is 325 g/mol. The van der Waals surface area contributed by atoms with Crippen molar-refractivity contribution in [2.45, 2.75) is 5.33 Å². The van der Waals surface area contributed by atoms with Crippen molar-refractivity contribution in [1.29, 1.82) is 0 Å². The van der Waals surface area contributed by atoms with Gasteiger partial charge in [-0.05, 0) is 23.8 Å². The molecule has 5 heteroatoms. The number of anilines is 1. The molecule has 19 heavy (non-hydrogen) atoms. The third-order valence-corrected chi connectivity index (χ3v) is 3.14. The van der Waals surface area contributed by atoms with Crippen LogP contribution in [0.3, 0.4) is 0 Å². The van der Waals surface area contributed by atoms with Gasteiger partial charge in [0.05, 0.1) is 0 Å². The van der Waals surface area contributed by atoms with Crippen LogP contribution < -0.4 is 5.32 Å². The van der Waals surface area contributed by atoms with Crippen molar-refractivity contribution in [3.8, 4) is 0 Å². The molecule has 0 saturated carbocycles. The van der Waals surface area contributed by atoms with Crippen molar-refractivity contribution in [1.82, 2.24) is 0 Å². The van der Waals surface area contributed by atoms with Crippen LogP contribution in [-0.2, 0) is 5.33 Å². The van der Waals surface area contributed by atoms with E-state index in [-0.39, 0.29) is 5.56 Å². The zero-order valence-electron chi connectivity index (χ0n) is 9.79. The lowest BCUT2D eigenvalue weighted by atomic mass is 10.1. The van der Waals surface area contributed by atoms with Crippen LogP contribution in [0.1, 0.15) is 15.9 Å². The molecule has 2 aromatic rings. The van der Waals surface area contributed by atoms with Crippen LogP contribution in [0.2, 0.25) is 0 Å². The molecule has 0 saturated heterocycles. The molecule has 0 aliphatic heterocycles. The van der Waals surface area contributed by atoms with Crippen LogP contribution >= 0.6 is 15.9 Å². The molecule has 0 spiro atoms. The van der Waals surface area contributed by atoms with E-state index >= 15 is 0 Å². The SMILES string of the molecule is O=C(Nc1ccccc1CBr)c1cc(F)cc(F)c1. The molecule has 0 aliphatic carbocycles. The highest BCUT2D eigenvalue weighted by molar-refractivity contribution is 9.08. The van der Waals surface area contributed by atoms with E-state index < -0.39 is 17.5 Å². The van der Waals surface area contributed by atoms with Gasteiger partial charge in [0, 0.05) is 22.6 Å². The highest BCUT2D eigenvalue weighted by Gasteiger charge is 2.11. The Balaban J connectivity index is 2.25. The van der Waals surface area contributed by atoms with Gasteiger partial charge in [-0.3, -0.25) is 4.79 Å². The summed E-state index contributed by atoms with van der Waals surface area (Å²) in [6.07, 6.45) is 0. The maximum Gasteiger partial charge on any atom is 0.255 e. The lowest BCUT2D eigenvalue weighted by molar-refractivity contribution is 0.102. The number of alkyl halides is 1. The van der Waals surface area contributed by atoms with Gasteiger partial charge in [0.1, 0.15) is 11.6 Å². The van der Waals surface area contributed by atoms with Gasteiger partial charge in [-0.15, -0.1) is 0 Å². The summed E-state index contributed by atoms with van der Waals surface area (Å²) in [6.45, 7) is 0. The minimum atomic E-state index is -0.779. The molecule has 0 fully saturated rings. The van der Waals surface area contributed by atoms with Crippen LogP contribution in [0.4, 0.5) is 14.5 Å². The smallest absolute Gasteiger partial charge is 0.255 e. The number of nitrogens with one attached hydrogen (secondary N) is 1. The van der Waals surface area contributed by atoms with Gasteiger partial charge >= 0.3 is 0 Å². The lowest BCUT2D eigenvalue weighted by Gasteiger charge is -2.09. The average molecular weight is 326 g/mol. The Kier molecular flexibility index (Phi) is 4.27. The lowest BCUT2D eigenvalue weighted by Crippen LogP contribution is -2.13. The van der Waals surface area contributed by atoms with Crippen molar-refractivity contribution in [3.05, 3.63) is 65.2 Å². The minimum absolute atomic E-state index is 0.0538. The van der Waals surface area contributed by atoms with Crippen molar-refractivity contribution in [3.63, 3.8) is 0 Å². The fourth-order valence-electron chi connectivity index (χ4n) is 1.64. The van der Waals surface area contributed by atoms with Crippen LogP contribution in [0.25, 0.3) is 0 Å². The molecule has 2 nitrogen and oxygen atoms in total. The molecule has 0 heterocycles. The number of halogens is 3. The van der Waals surface area contributed by atoms with Crippen LogP contribution in [0, 0.1) is 11.6 Å². The zero-order valence-corrected chi connectivity index (χ0v) is 11.4. The molecule has 1 amide bonds. The first kappa shape index (κ1) is 13.7. The Bertz CT molecular complexity index is 596. The molecule has 1 N–H and O–H groups in total. The first-order chi connectivity index (χ1) is 9.10. The first-order valence-corrected chi connectivity index (χ1v) is 6.63. The predicted molar refractivity (Wildman–Crippen MR) is 73.4 cm³/mol. The molecule has 98 valence electrons. The van der Waals surface area contributed by atoms with Crippen LogP contribution in [0.15, 0.2) is 42.5 Å². The molecule has 0 bridgehead atoms. The second-order valence-corrected chi connectivity index (χ2v) is 4.46. The third-order valence-electron chi connectivity index (χ3n) is 2.53. The van der Waals surface area contributed by atoms with Crippen molar-refractivity contribution in [2.24, 2.45) is 0 Å². The Hall–Kier alpha value is -1.75. The highest BCUT2D eigenvalue weighted by Crippen LogP contribution is 2.19. The highest BCUT2D eigenvalue weighted by atomic mass is 79.9. The van der Waals surface area contributed by atoms with Crippen molar-refractivity contribution >= 4 is 27.5 Å². The molecule has 0 unspecified atom stereocenters. The summed E-state index contributed by atoms with van der Waals surface area (Å²) < 4.78 is 26.1. The average Bonchev–Trinajstić information content (AvgIpc) is 2.38. The third kappa shape index (κ3) is 3.38. The van der Waals surface area contributed by atoms with E-state index in [0.29, 0.717) is 11.0 Å². The summed E-state index contributed by atoms with van der Waals surface area (Å²) in [5.74, 6) is -2.11. The maximum absolute atomic E-state index is 13.0. The molecule has 2 aromatic carbocycles. The summed E-state index contributed by atoms with van der Waals surface area (Å²) in [6, 6.07) is 9.90. The second kappa shape index (κ2) is 5.93. The van der Waals surface area contributed by atoms with E-state index in [2.05, 4.69) is 21.2 Å². The summed E-state index contributed by atoms with van der Waals surface area (Å²) in [4.78, 5) is 11.9. The molecule has 0 radical (unpaired) electrons. The second-order valence-electron chi connectivity index (χ2n) is 3.90. The van der Waals surface area contributed by atoms with Gasteiger partial charge in [0.25, 0.3) is 5.91 Å². The fraction of sp³-hybridized carbons (Fsp3) is 0.0714. The number of para-hydroxylation sites is 1. The molecule has 0 aliphatic rings. The van der Waals surface area contributed by atoms with Crippen LogP contribution in [-0.4, -0.2) is 5.91 Å². The van der Waals surface area contributed by atoms with Gasteiger partial charge in [-0.2, -0.15) is 0 Å². The normalized spacial score (nSPS) is 10.3. The summed E-state index contributed by atoms with van der Waals surface area (Å²) in [5, 5.41) is 3.20.